The lowest BCUT2D eigenvalue weighted by Gasteiger charge is -2.17. The SMILES string of the molecule is CCC[C@H](CC(=O)O)NC(=O)c1ncccc1NC(=O)OCC1c2ccccc2-c2ccccc21. The number of aliphatic carboxylic acids is 1. The second-order valence-corrected chi connectivity index (χ2v) is 8.41. The Hall–Kier alpha value is -4.20. The Morgan fingerprint density at radius 3 is 2.29 bits per heavy atom. The number of hydrogen-bond donors (Lipinski definition) is 3. The summed E-state index contributed by atoms with van der Waals surface area (Å²) in [6.07, 6.45) is 1.76. The summed E-state index contributed by atoms with van der Waals surface area (Å²) in [6.45, 7) is 2.05. The number of carbonyl (C=O) groups is 3. The molecule has 35 heavy (non-hydrogen) atoms. The van der Waals surface area contributed by atoms with Gasteiger partial charge in [-0.25, -0.2) is 9.78 Å². The van der Waals surface area contributed by atoms with Gasteiger partial charge in [-0.1, -0.05) is 61.9 Å². The number of carboxylic acids is 1. The first kappa shape index (κ1) is 23.9. The molecule has 1 atom stereocenters. The number of anilines is 1. The average molecular weight is 474 g/mol. The molecule has 3 aromatic rings. The van der Waals surface area contributed by atoms with Gasteiger partial charge < -0.3 is 15.2 Å². The number of carbonyl (C=O) groups excluding carboxylic acids is 2. The summed E-state index contributed by atoms with van der Waals surface area (Å²) in [5, 5.41) is 14.4. The summed E-state index contributed by atoms with van der Waals surface area (Å²) in [6, 6.07) is 18.7. The smallest absolute Gasteiger partial charge is 0.411 e. The van der Waals surface area contributed by atoms with Gasteiger partial charge in [0.2, 0.25) is 0 Å². The van der Waals surface area contributed by atoms with Crippen LogP contribution in [-0.4, -0.2) is 40.7 Å². The molecule has 2 amide bonds. The molecule has 0 radical (unpaired) electrons. The standard InChI is InChI=1S/C27H27N3O5/c1-2-8-17(15-24(31)32)29-26(33)25-23(13-7-14-28-25)30-27(34)35-16-22-20-11-5-3-9-18(20)19-10-4-6-12-21(19)22/h3-7,9-14,17,22H,2,8,15-16H2,1H3,(H,29,33)(H,30,34)(H,31,32)/t17-/m1/s1. The van der Waals surface area contributed by atoms with Crippen LogP contribution in [0.1, 0.15) is 53.7 Å². The average Bonchev–Trinajstić information content (AvgIpc) is 3.16. The lowest BCUT2D eigenvalue weighted by Crippen LogP contribution is -2.37. The van der Waals surface area contributed by atoms with Gasteiger partial charge in [-0.05, 0) is 40.8 Å². The first-order valence-corrected chi connectivity index (χ1v) is 11.6. The Bertz CT molecular complexity index is 1200. The minimum atomic E-state index is -0.998. The maximum Gasteiger partial charge on any atom is 0.411 e. The van der Waals surface area contributed by atoms with Gasteiger partial charge in [-0.15, -0.1) is 0 Å². The zero-order valence-corrected chi connectivity index (χ0v) is 19.4. The quantitative estimate of drug-likeness (QED) is 0.410. The van der Waals surface area contributed by atoms with Crippen LogP contribution in [0, 0.1) is 0 Å². The van der Waals surface area contributed by atoms with Crippen LogP contribution in [0.3, 0.4) is 0 Å². The molecule has 0 fully saturated rings. The number of benzene rings is 2. The van der Waals surface area contributed by atoms with E-state index in [1.165, 1.54) is 6.20 Å². The number of ether oxygens (including phenoxy) is 1. The molecular formula is C27H27N3O5. The first-order chi connectivity index (χ1) is 17.0. The van der Waals surface area contributed by atoms with Crippen LogP contribution in [0.4, 0.5) is 10.5 Å². The molecule has 0 bridgehead atoms. The van der Waals surface area contributed by atoms with E-state index in [2.05, 4.69) is 27.8 Å². The normalized spacial score (nSPS) is 12.8. The molecule has 4 rings (SSSR count). The molecule has 0 saturated carbocycles. The molecule has 3 N–H and O–H groups in total. The summed E-state index contributed by atoms with van der Waals surface area (Å²) >= 11 is 0. The van der Waals surface area contributed by atoms with Gasteiger partial charge in [-0.2, -0.15) is 0 Å². The lowest BCUT2D eigenvalue weighted by atomic mass is 9.98. The van der Waals surface area contributed by atoms with Crippen molar-refractivity contribution in [3.63, 3.8) is 0 Å². The van der Waals surface area contributed by atoms with Crippen LogP contribution < -0.4 is 10.6 Å². The number of aromatic nitrogens is 1. The van der Waals surface area contributed by atoms with Crippen LogP contribution in [0.15, 0.2) is 66.9 Å². The minimum Gasteiger partial charge on any atom is -0.481 e. The second-order valence-electron chi connectivity index (χ2n) is 8.41. The fourth-order valence-corrected chi connectivity index (χ4v) is 4.47. The van der Waals surface area contributed by atoms with Crippen molar-refractivity contribution in [3.05, 3.63) is 83.7 Å². The van der Waals surface area contributed by atoms with Crippen molar-refractivity contribution in [2.24, 2.45) is 0 Å². The fourth-order valence-electron chi connectivity index (χ4n) is 4.47. The molecule has 8 nitrogen and oxygen atoms in total. The van der Waals surface area contributed by atoms with E-state index < -0.39 is 24.0 Å². The molecular weight excluding hydrogens is 446 g/mol. The summed E-state index contributed by atoms with van der Waals surface area (Å²) < 4.78 is 5.56. The van der Waals surface area contributed by atoms with Gasteiger partial charge in [0.15, 0.2) is 5.69 Å². The predicted octanol–water partition coefficient (Wildman–Crippen LogP) is 4.82. The zero-order valence-electron chi connectivity index (χ0n) is 19.4. The summed E-state index contributed by atoms with van der Waals surface area (Å²) in [5.41, 5.74) is 4.64. The van der Waals surface area contributed by atoms with Gasteiger partial charge in [0.05, 0.1) is 12.1 Å². The van der Waals surface area contributed by atoms with Crippen molar-refractivity contribution in [2.45, 2.75) is 38.1 Å². The van der Waals surface area contributed by atoms with E-state index in [1.807, 2.05) is 43.3 Å². The molecule has 1 aromatic heterocycles. The van der Waals surface area contributed by atoms with Gasteiger partial charge in [0, 0.05) is 18.2 Å². The number of carboxylic acid groups (broad SMARTS) is 1. The Morgan fingerprint density at radius 2 is 1.66 bits per heavy atom. The number of pyridine rings is 1. The molecule has 1 aliphatic rings. The number of fused-ring (bicyclic) bond motifs is 3. The van der Waals surface area contributed by atoms with E-state index in [-0.39, 0.29) is 30.3 Å². The summed E-state index contributed by atoms with van der Waals surface area (Å²) in [5.74, 6) is -1.64. The number of hydrogen-bond acceptors (Lipinski definition) is 5. The van der Waals surface area contributed by atoms with Crippen LogP contribution in [0.2, 0.25) is 0 Å². The monoisotopic (exact) mass is 473 g/mol. The minimum absolute atomic E-state index is 0.00694. The molecule has 1 aliphatic carbocycles. The van der Waals surface area contributed by atoms with Crippen molar-refractivity contribution in [1.29, 1.82) is 0 Å². The van der Waals surface area contributed by atoms with Gasteiger partial charge in [0.1, 0.15) is 6.61 Å². The maximum absolute atomic E-state index is 12.8. The Labute approximate surface area is 203 Å². The molecule has 0 aliphatic heterocycles. The highest BCUT2D eigenvalue weighted by atomic mass is 16.5. The Kier molecular flexibility index (Phi) is 7.40. The third-order valence-corrected chi connectivity index (χ3v) is 6.00. The maximum atomic E-state index is 12.8. The molecule has 0 spiro atoms. The molecule has 1 heterocycles. The Morgan fingerprint density at radius 1 is 1.00 bits per heavy atom. The second kappa shape index (κ2) is 10.8. The van der Waals surface area contributed by atoms with Crippen LogP contribution in [-0.2, 0) is 9.53 Å². The molecule has 0 unspecified atom stereocenters. The van der Waals surface area contributed by atoms with E-state index in [1.54, 1.807) is 12.1 Å². The van der Waals surface area contributed by atoms with Crippen molar-refractivity contribution >= 4 is 23.7 Å². The zero-order chi connectivity index (χ0) is 24.8. The van der Waals surface area contributed by atoms with Crippen LogP contribution in [0.5, 0.6) is 0 Å². The van der Waals surface area contributed by atoms with Crippen LogP contribution >= 0.6 is 0 Å². The number of nitrogens with one attached hydrogen (secondary N) is 2. The van der Waals surface area contributed by atoms with Crippen molar-refractivity contribution in [1.82, 2.24) is 10.3 Å². The fraction of sp³-hybridized carbons (Fsp3) is 0.259. The third kappa shape index (κ3) is 5.48. The lowest BCUT2D eigenvalue weighted by molar-refractivity contribution is -0.137. The highest BCUT2D eigenvalue weighted by molar-refractivity contribution is 6.01. The van der Waals surface area contributed by atoms with E-state index in [4.69, 9.17) is 9.84 Å². The van der Waals surface area contributed by atoms with E-state index in [0.29, 0.717) is 12.8 Å². The first-order valence-electron chi connectivity index (χ1n) is 11.6. The van der Waals surface area contributed by atoms with E-state index in [0.717, 1.165) is 22.3 Å². The summed E-state index contributed by atoms with van der Waals surface area (Å²) in [7, 11) is 0. The topological polar surface area (TPSA) is 118 Å². The summed E-state index contributed by atoms with van der Waals surface area (Å²) in [4.78, 5) is 40.7. The molecule has 0 saturated heterocycles. The number of nitrogens with zero attached hydrogens (tertiary/aromatic N) is 1. The largest absolute Gasteiger partial charge is 0.481 e. The van der Waals surface area contributed by atoms with Crippen molar-refractivity contribution < 1.29 is 24.2 Å². The number of rotatable bonds is 9. The van der Waals surface area contributed by atoms with E-state index >= 15 is 0 Å². The van der Waals surface area contributed by atoms with Gasteiger partial charge >= 0.3 is 12.1 Å². The number of amides is 2. The molecule has 8 heteroatoms. The molecule has 2 aromatic carbocycles. The third-order valence-electron chi connectivity index (χ3n) is 6.00. The highest BCUT2D eigenvalue weighted by Crippen LogP contribution is 2.44. The van der Waals surface area contributed by atoms with Crippen LogP contribution in [0.25, 0.3) is 11.1 Å². The Balaban J connectivity index is 1.43. The van der Waals surface area contributed by atoms with Crippen molar-refractivity contribution in [3.8, 4) is 11.1 Å². The predicted molar refractivity (Wildman–Crippen MR) is 131 cm³/mol. The molecule has 180 valence electrons. The highest BCUT2D eigenvalue weighted by Gasteiger charge is 2.29. The van der Waals surface area contributed by atoms with E-state index in [9.17, 15) is 14.4 Å². The van der Waals surface area contributed by atoms with Crippen molar-refractivity contribution in [2.75, 3.05) is 11.9 Å². The van der Waals surface area contributed by atoms with Gasteiger partial charge in [0.25, 0.3) is 5.91 Å². The van der Waals surface area contributed by atoms with Gasteiger partial charge in [-0.3, -0.25) is 14.9 Å².